The average molecular weight is 284 g/mol. The van der Waals surface area contributed by atoms with E-state index in [9.17, 15) is 9.59 Å². The zero-order chi connectivity index (χ0) is 15.4. The van der Waals surface area contributed by atoms with Crippen LogP contribution in [0, 0.1) is 0 Å². The highest BCUT2D eigenvalue weighted by Crippen LogP contribution is 2.18. The molecule has 0 saturated heterocycles. The van der Waals surface area contributed by atoms with E-state index in [1.807, 2.05) is 24.3 Å². The molecule has 21 heavy (non-hydrogen) atoms. The summed E-state index contributed by atoms with van der Waals surface area (Å²) in [5.41, 5.74) is 2.69. The fraction of sp³-hybridized carbons (Fsp3) is 0.188. The van der Waals surface area contributed by atoms with E-state index in [4.69, 9.17) is 5.11 Å². The second-order valence-electron chi connectivity index (χ2n) is 4.64. The topological polar surface area (TPSA) is 72.2 Å². The Kier molecular flexibility index (Phi) is 4.33. The predicted molar refractivity (Wildman–Crippen MR) is 81.0 cm³/mol. The van der Waals surface area contributed by atoms with Gasteiger partial charge in [0.2, 0.25) is 0 Å². The summed E-state index contributed by atoms with van der Waals surface area (Å²) in [5.74, 6) is -1.09. The molecule has 0 amide bonds. The predicted octanol–water partition coefficient (Wildman–Crippen LogP) is 2.11. The summed E-state index contributed by atoms with van der Waals surface area (Å²) in [6.07, 6.45) is 3.19. The van der Waals surface area contributed by atoms with E-state index in [1.54, 1.807) is 13.1 Å². The Balaban J connectivity index is 2.49. The van der Waals surface area contributed by atoms with Crippen molar-refractivity contribution in [2.45, 2.75) is 13.3 Å². The van der Waals surface area contributed by atoms with Crippen molar-refractivity contribution in [1.82, 2.24) is 9.78 Å². The van der Waals surface area contributed by atoms with E-state index >= 15 is 0 Å². The number of hydrogen-bond donors (Lipinski definition) is 1. The van der Waals surface area contributed by atoms with Crippen LogP contribution in [0.1, 0.15) is 18.1 Å². The molecular weight excluding hydrogens is 268 g/mol. The largest absolute Gasteiger partial charge is 0.478 e. The van der Waals surface area contributed by atoms with Gasteiger partial charge in [0.05, 0.1) is 5.69 Å². The van der Waals surface area contributed by atoms with E-state index < -0.39 is 5.97 Å². The van der Waals surface area contributed by atoms with Crippen molar-refractivity contribution in [2.75, 3.05) is 0 Å². The molecule has 0 aliphatic heterocycles. The van der Waals surface area contributed by atoms with E-state index in [-0.39, 0.29) is 5.56 Å². The molecule has 0 aliphatic rings. The molecule has 5 heteroatoms. The molecule has 0 aliphatic carbocycles. The Morgan fingerprint density at radius 3 is 2.57 bits per heavy atom. The van der Waals surface area contributed by atoms with Gasteiger partial charge in [0.1, 0.15) is 0 Å². The molecule has 1 aromatic carbocycles. The van der Waals surface area contributed by atoms with Crippen molar-refractivity contribution in [1.29, 1.82) is 0 Å². The first-order chi connectivity index (χ1) is 10.0. The van der Waals surface area contributed by atoms with Crippen molar-refractivity contribution < 1.29 is 9.90 Å². The standard InChI is InChI=1S/C16H16N2O3/c1-3-11-4-6-12(7-5-11)14-10-13(8-9-15(19)20)16(21)18(2)17-14/h4-10H,3H2,1-2H3,(H,19,20)/b9-8+. The van der Waals surface area contributed by atoms with Gasteiger partial charge in [-0.3, -0.25) is 4.79 Å². The van der Waals surface area contributed by atoms with Crippen LogP contribution in [0.15, 0.2) is 41.2 Å². The maximum atomic E-state index is 11.9. The van der Waals surface area contributed by atoms with Gasteiger partial charge in [-0.25, -0.2) is 9.48 Å². The smallest absolute Gasteiger partial charge is 0.328 e. The average Bonchev–Trinajstić information content (AvgIpc) is 2.48. The fourth-order valence-electron chi connectivity index (χ4n) is 1.96. The van der Waals surface area contributed by atoms with Crippen LogP contribution in [0.25, 0.3) is 17.3 Å². The minimum absolute atomic E-state index is 0.296. The van der Waals surface area contributed by atoms with Crippen LogP contribution in [-0.4, -0.2) is 20.9 Å². The lowest BCUT2D eigenvalue weighted by Crippen LogP contribution is -2.22. The zero-order valence-electron chi connectivity index (χ0n) is 11.9. The molecule has 0 radical (unpaired) electrons. The fourth-order valence-corrected chi connectivity index (χ4v) is 1.96. The molecule has 0 fully saturated rings. The summed E-state index contributed by atoms with van der Waals surface area (Å²) < 4.78 is 1.21. The summed E-state index contributed by atoms with van der Waals surface area (Å²) >= 11 is 0. The van der Waals surface area contributed by atoms with E-state index in [1.165, 1.54) is 16.3 Å². The molecule has 1 N–H and O–H groups in total. The highest BCUT2D eigenvalue weighted by atomic mass is 16.4. The number of nitrogens with zero attached hydrogens (tertiary/aromatic N) is 2. The Hall–Kier alpha value is -2.69. The van der Waals surface area contributed by atoms with E-state index in [0.717, 1.165) is 18.1 Å². The Labute approximate surface area is 122 Å². The molecule has 108 valence electrons. The Morgan fingerprint density at radius 1 is 1.33 bits per heavy atom. The van der Waals surface area contributed by atoms with Gasteiger partial charge in [-0.05, 0) is 24.1 Å². The van der Waals surface area contributed by atoms with Crippen LogP contribution in [-0.2, 0) is 18.3 Å². The Morgan fingerprint density at radius 2 is 2.00 bits per heavy atom. The summed E-state index contributed by atoms with van der Waals surface area (Å²) in [6.45, 7) is 2.08. The molecule has 0 bridgehead atoms. The van der Waals surface area contributed by atoms with Crippen LogP contribution < -0.4 is 5.56 Å². The van der Waals surface area contributed by atoms with Crippen LogP contribution in [0.2, 0.25) is 0 Å². The van der Waals surface area contributed by atoms with Crippen LogP contribution >= 0.6 is 0 Å². The van der Waals surface area contributed by atoms with E-state index in [0.29, 0.717) is 11.3 Å². The summed E-state index contributed by atoms with van der Waals surface area (Å²) in [6, 6.07) is 9.50. The van der Waals surface area contributed by atoms with Gasteiger partial charge in [0.25, 0.3) is 5.56 Å². The number of rotatable bonds is 4. The van der Waals surface area contributed by atoms with Crippen molar-refractivity contribution in [3.8, 4) is 11.3 Å². The van der Waals surface area contributed by atoms with Gasteiger partial charge in [-0.1, -0.05) is 31.2 Å². The third-order valence-corrected chi connectivity index (χ3v) is 3.15. The van der Waals surface area contributed by atoms with Crippen LogP contribution in [0.4, 0.5) is 0 Å². The van der Waals surface area contributed by atoms with Crippen LogP contribution in [0.5, 0.6) is 0 Å². The lowest BCUT2D eigenvalue weighted by Gasteiger charge is -2.06. The monoisotopic (exact) mass is 284 g/mol. The molecule has 0 unspecified atom stereocenters. The summed E-state index contributed by atoms with van der Waals surface area (Å²) in [4.78, 5) is 22.5. The second-order valence-corrected chi connectivity index (χ2v) is 4.64. The maximum Gasteiger partial charge on any atom is 0.328 e. The lowest BCUT2D eigenvalue weighted by molar-refractivity contribution is -0.131. The first kappa shape index (κ1) is 14.7. The van der Waals surface area contributed by atoms with Gasteiger partial charge in [-0.2, -0.15) is 5.10 Å². The Bertz CT molecular complexity index is 743. The SMILES string of the molecule is CCc1ccc(-c2cc(/C=C/C(=O)O)c(=O)n(C)n2)cc1. The maximum absolute atomic E-state index is 11.9. The molecule has 1 aromatic heterocycles. The number of aliphatic carboxylic acids is 1. The quantitative estimate of drug-likeness (QED) is 0.873. The molecule has 1 heterocycles. The molecule has 0 spiro atoms. The first-order valence-electron chi connectivity index (χ1n) is 6.60. The summed E-state index contributed by atoms with van der Waals surface area (Å²) in [5, 5.41) is 12.9. The van der Waals surface area contributed by atoms with Gasteiger partial charge in [0.15, 0.2) is 0 Å². The number of aromatic nitrogens is 2. The van der Waals surface area contributed by atoms with Crippen molar-refractivity contribution >= 4 is 12.0 Å². The third kappa shape index (κ3) is 3.45. The molecule has 0 atom stereocenters. The van der Waals surface area contributed by atoms with Gasteiger partial charge in [-0.15, -0.1) is 0 Å². The highest BCUT2D eigenvalue weighted by molar-refractivity contribution is 5.85. The third-order valence-electron chi connectivity index (χ3n) is 3.15. The second kappa shape index (κ2) is 6.17. The van der Waals surface area contributed by atoms with Crippen LogP contribution in [0.3, 0.4) is 0 Å². The minimum Gasteiger partial charge on any atom is -0.478 e. The first-order valence-corrected chi connectivity index (χ1v) is 6.60. The molecule has 2 rings (SSSR count). The zero-order valence-corrected chi connectivity index (χ0v) is 11.9. The van der Waals surface area contributed by atoms with Crippen molar-refractivity contribution in [2.24, 2.45) is 7.05 Å². The van der Waals surface area contributed by atoms with E-state index in [2.05, 4.69) is 12.0 Å². The van der Waals surface area contributed by atoms with Crippen molar-refractivity contribution in [3.63, 3.8) is 0 Å². The molecule has 2 aromatic rings. The van der Waals surface area contributed by atoms with Gasteiger partial charge in [0, 0.05) is 24.3 Å². The normalized spacial score (nSPS) is 11.0. The number of aryl methyl sites for hydroxylation is 2. The summed E-state index contributed by atoms with van der Waals surface area (Å²) in [7, 11) is 1.55. The molecule has 5 nitrogen and oxygen atoms in total. The van der Waals surface area contributed by atoms with Gasteiger partial charge >= 0.3 is 5.97 Å². The number of carboxylic acid groups (broad SMARTS) is 1. The lowest BCUT2D eigenvalue weighted by atomic mass is 10.1. The minimum atomic E-state index is -1.09. The number of benzene rings is 1. The molecule has 0 saturated carbocycles. The van der Waals surface area contributed by atoms with Gasteiger partial charge < -0.3 is 5.11 Å². The number of carbonyl (C=O) groups is 1. The van der Waals surface area contributed by atoms with Crippen molar-refractivity contribution in [3.05, 3.63) is 57.9 Å². The molecular formula is C16H16N2O3. The number of carboxylic acids is 1. The number of hydrogen-bond acceptors (Lipinski definition) is 3. The highest BCUT2D eigenvalue weighted by Gasteiger charge is 2.06.